The molecule has 0 saturated carbocycles. The van der Waals surface area contributed by atoms with E-state index in [-0.39, 0.29) is 22.1 Å². The topological polar surface area (TPSA) is 38.8 Å². The summed E-state index contributed by atoms with van der Waals surface area (Å²) in [5.41, 5.74) is -1.47. The van der Waals surface area contributed by atoms with Crippen molar-refractivity contribution in [1.29, 1.82) is 0 Å². The Morgan fingerprint density at radius 1 is 1.24 bits per heavy atom. The van der Waals surface area contributed by atoms with Gasteiger partial charge in [-0.25, -0.2) is 8.78 Å². The molecule has 0 fully saturated rings. The second-order valence-electron chi connectivity index (χ2n) is 6.10. The van der Waals surface area contributed by atoms with E-state index in [0.29, 0.717) is 4.90 Å². The van der Waals surface area contributed by atoms with Crippen molar-refractivity contribution in [2.75, 3.05) is 18.6 Å². The summed E-state index contributed by atoms with van der Waals surface area (Å²) in [5.74, 6) is -4.75. The molecule has 0 N–H and O–H groups in total. The number of amides is 1. The van der Waals surface area contributed by atoms with E-state index in [4.69, 9.17) is 11.2 Å². The molecule has 152 valence electrons. The van der Waals surface area contributed by atoms with Gasteiger partial charge >= 0.3 is 12.0 Å². The predicted octanol–water partition coefficient (Wildman–Crippen LogP) is 3.54. The van der Waals surface area contributed by atoms with Gasteiger partial charge in [0.15, 0.2) is 17.3 Å². The molecular weight excluding hydrogens is 416 g/mol. The van der Waals surface area contributed by atoms with Gasteiger partial charge in [0.05, 0.1) is 24.9 Å². The van der Waals surface area contributed by atoms with Crippen LogP contribution in [0.4, 0.5) is 27.6 Å². The fraction of sp³-hybridized carbons (Fsp3) is 0.211. The van der Waals surface area contributed by atoms with E-state index in [1.807, 2.05) is 0 Å². The van der Waals surface area contributed by atoms with Crippen LogP contribution in [0.15, 0.2) is 12.1 Å². The fourth-order valence-electron chi connectivity index (χ4n) is 3.03. The number of hydrogen-bond donors (Lipinski definition) is 0. The largest absolute Gasteiger partial charge is 0.493 e. The number of halogens is 5. The number of alkyl halides is 2. The second kappa shape index (κ2) is 7.20. The molecular formula is C19H13F5NO3P. The highest BCUT2D eigenvalue weighted by Gasteiger charge is 2.50. The molecule has 0 bridgehead atoms. The van der Waals surface area contributed by atoms with Gasteiger partial charge in [0, 0.05) is 5.56 Å². The maximum absolute atomic E-state index is 14.9. The molecule has 2 aromatic rings. The molecule has 0 aliphatic carbocycles. The number of carbonyl (C=O) groups excluding carboxylic acids is 1. The van der Waals surface area contributed by atoms with E-state index in [1.165, 1.54) is 6.92 Å². The molecule has 4 nitrogen and oxygen atoms in total. The van der Waals surface area contributed by atoms with E-state index in [0.717, 1.165) is 19.2 Å². The van der Waals surface area contributed by atoms with Crippen LogP contribution in [0.1, 0.15) is 5.56 Å². The lowest BCUT2D eigenvalue weighted by molar-refractivity contribution is -0.192. The first kappa shape index (κ1) is 20.9. The molecule has 0 aromatic heterocycles. The van der Waals surface area contributed by atoms with Crippen LogP contribution < -0.4 is 19.7 Å². The Kier molecular flexibility index (Phi) is 5.18. The summed E-state index contributed by atoms with van der Waals surface area (Å²) >= 11 is 0. The number of carbonyl (C=O) groups is 1. The van der Waals surface area contributed by atoms with Crippen LogP contribution in [0.2, 0.25) is 0 Å². The average Bonchev–Trinajstić information content (AvgIpc) is 2.65. The van der Waals surface area contributed by atoms with Crippen molar-refractivity contribution in [2.24, 2.45) is 0 Å². The molecule has 1 aliphatic rings. The number of nitrogens with zero attached hydrogens (tertiary/aromatic N) is 1. The van der Waals surface area contributed by atoms with Crippen LogP contribution in [-0.4, -0.2) is 25.7 Å². The van der Waals surface area contributed by atoms with Gasteiger partial charge < -0.3 is 9.47 Å². The van der Waals surface area contributed by atoms with Gasteiger partial charge in [0.2, 0.25) is 5.82 Å². The first-order valence-corrected chi connectivity index (χ1v) is 8.60. The lowest BCUT2D eigenvalue weighted by atomic mass is 9.99. The quantitative estimate of drug-likeness (QED) is 0.324. The van der Waals surface area contributed by atoms with Crippen LogP contribution >= 0.6 is 9.24 Å². The second-order valence-corrected chi connectivity index (χ2v) is 6.72. The zero-order valence-corrected chi connectivity index (χ0v) is 16.2. The van der Waals surface area contributed by atoms with Gasteiger partial charge in [-0.1, -0.05) is 5.92 Å². The average molecular weight is 429 g/mol. The Balaban J connectivity index is 2.31. The third kappa shape index (κ3) is 3.18. The number of hydrogen-bond acceptors (Lipinski definition) is 3. The molecule has 1 atom stereocenters. The van der Waals surface area contributed by atoms with Gasteiger partial charge in [0.1, 0.15) is 5.82 Å². The van der Waals surface area contributed by atoms with E-state index in [9.17, 15) is 26.7 Å². The SMILES string of the molecule is C#CCN1C(=O)C(F)(F)Oc2cc(P)c(-c3c(F)c(C)c(OC)c(F)c3F)cc21. The van der Waals surface area contributed by atoms with E-state index >= 15 is 0 Å². The number of rotatable bonds is 3. The van der Waals surface area contributed by atoms with Gasteiger partial charge in [0.25, 0.3) is 0 Å². The van der Waals surface area contributed by atoms with Crippen LogP contribution in [0.25, 0.3) is 11.1 Å². The number of anilines is 1. The van der Waals surface area contributed by atoms with Gasteiger partial charge in [-0.3, -0.25) is 9.69 Å². The number of benzene rings is 2. The van der Waals surface area contributed by atoms with Crippen LogP contribution in [0.5, 0.6) is 11.5 Å². The lowest BCUT2D eigenvalue weighted by Crippen LogP contribution is -2.51. The van der Waals surface area contributed by atoms with Crippen molar-refractivity contribution in [2.45, 2.75) is 13.0 Å². The third-order valence-electron chi connectivity index (χ3n) is 4.38. The van der Waals surface area contributed by atoms with Gasteiger partial charge in [-0.2, -0.15) is 13.2 Å². The van der Waals surface area contributed by atoms with Crippen molar-refractivity contribution in [3.63, 3.8) is 0 Å². The first-order chi connectivity index (χ1) is 13.5. The molecule has 0 radical (unpaired) electrons. The van der Waals surface area contributed by atoms with Crippen molar-refractivity contribution in [1.82, 2.24) is 0 Å². The summed E-state index contributed by atoms with van der Waals surface area (Å²) < 4.78 is 80.7. The minimum absolute atomic E-state index is 0.0244. The van der Waals surface area contributed by atoms with Crippen LogP contribution in [0, 0.1) is 36.7 Å². The first-order valence-electron chi connectivity index (χ1n) is 8.02. The molecule has 1 amide bonds. The smallest absolute Gasteiger partial charge is 0.483 e. The molecule has 10 heteroatoms. The molecule has 2 aromatic carbocycles. The fourth-order valence-corrected chi connectivity index (χ4v) is 3.41. The minimum atomic E-state index is -4.16. The maximum Gasteiger partial charge on any atom is 0.483 e. The summed E-state index contributed by atoms with van der Waals surface area (Å²) in [5, 5.41) is 0.0244. The zero-order valence-electron chi connectivity index (χ0n) is 15.1. The zero-order chi connectivity index (χ0) is 21.7. The molecule has 0 saturated heterocycles. The molecule has 29 heavy (non-hydrogen) atoms. The number of methoxy groups -OCH3 is 1. The standard InChI is InChI=1S/C19H13F5NO3P/c1-4-5-25-10-6-9(12(29)7-11(10)28-19(23,24)18(25)26)13-14(20)8(2)17(27-3)16(22)15(13)21/h1,6-7H,5,29H2,2-3H3. The Morgan fingerprint density at radius 2 is 1.90 bits per heavy atom. The number of fused-ring (bicyclic) bond motifs is 1. The Morgan fingerprint density at radius 3 is 2.48 bits per heavy atom. The highest BCUT2D eigenvalue weighted by molar-refractivity contribution is 7.28. The molecule has 3 rings (SSSR count). The van der Waals surface area contributed by atoms with E-state index in [1.54, 1.807) is 0 Å². The normalized spacial score (nSPS) is 14.9. The van der Waals surface area contributed by atoms with Gasteiger partial charge in [-0.15, -0.1) is 15.7 Å². The molecule has 1 heterocycles. The molecule has 1 unspecified atom stereocenters. The maximum atomic E-state index is 14.9. The van der Waals surface area contributed by atoms with Crippen molar-refractivity contribution in [3.05, 3.63) is 35.1 Å². The Labute approximate surface area is 164 Å². The van der Waals surface area contributed by atoms with Crippen molar-refractivity contribution in [3.8, 4) is 35.0 Å². The highest BCUT2D eigenvalue weighted by atomic mass is 31.0. The van der Waals surface area contributed by atoms with Crippen LogP contribution in [0.3, 0.4) is 0 Å². The van der Waals surface area contributed by atoms with E-state index < -0.39 is 53.1 Å². The number of ether oxygens (including phenoxy) is 2. The summed E-state index contributed by atoms with van der Waals surface area (Å²) in [6.07, 6.45) is 0.984. The Bertz CT molecular complexity index is 1050. The summed E-state index contributed by atoms with van der Waals surface area (Å²) in [7, 11) is 3.16. The summed E-state index contributed by atoms with van der Waals surface area (Å²) in [6.45, 7) is 0.653. The van der Waals surface area contributed by atoms with Crippen LogP contribution in [-0.2, 0) is 4.79 Å². The summed E-state index contributed by atoms with van der Waals surface area (Å²) in [6, 6.07) is 2.07. The summed E-state index contributed by atoms with van der Waals surface area (Å²) in [4.78, 5) is 12.5. The predicted molar refractivity (Wildman–Crippen MR) is 99.1 cm³/mol. The molecule has 0 spiro atoms. The third-order valence-corrected chi connectivity index (χ3v) is 4.86. The van der Waals surface area contributed by atoms with Gasteiger partial charge in [-0.05, 0) is 29.9 Å². The lowest BCUT2D eigenvalue weighted by Gasteiger charge is -2.33. The highest BCUT2D eigenvalue weighted by Crippen LogP contribution is 2.43. The number of terminal acetylenes is 1. The molecule has 1 aliphatic heterocycles. The van der Waals surface area contributed by atoms with E-state index in [2.05, 4.69) is 19.9 Å². The van der Waals surface area contributed by atoms with Crippen molar-refractivity contribution >= 4 is 26.1 Å². The minimum Gasteiger partial charge on any atom is -0.493 e. The Hall–Kier alpha value is -2.85. The monoisotopic (exact) mass is 429 g/mol. The van der Waals surface area contributed by atoms with Crippen molar-refractivity contribution < 1.29 is 36.2 Å².